The van der Waals surface area contributed by atoms with E-state index < -0.39 is 6.04 Å². The van der Waals surface area contributed by atoms with Crippen LogP contribution >= 0.6 is 0 Å². The number of guanidine groups is 1. The minimum absolute atomic E-state index is 0.0185. The maximum Gasteiger partial charge on any atom is 0.259 e. The Balaban J connectivity index is 1.64. The van der Waals surface area contributed by atoms with E-state index in [1.807, 2.05) is 90.8 Å². The molecule has 0 fully saturated rings. The van der Waals surface area contributed by atoms with Crippen LogP contribution in [0.3, 0.4) is 0 Å². The van der Waals surface area contributed by atoms with Crippen LogP contribution in [0.1, 0.15) is 11.1 Å². The van der Waals surface area contributed by atoms with E-state index in [2.05, 4.69) is 12.1 Å². The Morgan fingerprint density at radius 1 is 0.821 bits per heavy atom. The summed E-state index contributed by atoms with van der Waals surface area (Å²) in [5.41, 5.74) is 3.14. The summed E-state index contributed by atoms with van der Waals surface area (Å²) in [7, 11) is 1.99. The van der Waals surface area contributed by atoms with Gasteiger partial charge in [-0.15, -0.1) is 0 Å². The van der Waals surface area contributed by atoms with Gasteiger partial charge in [0.1, 0.15) is 6.04 Å². The summed E-state index contributed by atoms with van der Waals surface area (Å²) >= 11 is 0. The van der Waals surface area contributed by atoms with Gasteiger partial charge < -0.3 is 4.90 Å². The SMILES string of the molecule is CN(Cc1ccccc1)C1=NC(Cc2ccccc2)C(=O)N1c1ccccc1. The third-order valence-electron chi connectivity index (χ3n) is 4.87. The summed E-state index contributed by atoms with van der Waals surface area (Å²) in [6.45, 7) is 0.689. The molecule has 0 spiro atoms. The summed E-state index contributed by atoms with van der Waals surface area (Å²) < 4.78 is 0. The molecule has 0 N–H and O–H groups in total. The van der Waals surface area contributed by atoms with Gasteiger partial charge in [-0.2, -0.15) is 0 Å². The number of para-hydroxylation sites is 1. The van der Waals surface area contributed by atoms with Gasteiger partial charge in [0.15, 0.2) is 0 Å². The molecule has 0 radical (unpaired) electrons. The van der Waals surface area contributed by atoms with Crippen molar-refractivity contribution in [3.8, 4) is 0 Å². The standard InChI is InChI=1S/C24H23N3O/c1-26(18-20-13-7-3-8-14-20)24-25-22(17-19-11-5-2-6-12-19)23(28)27(24)21-15-9-4-10-16-21/h2-16,22H,17-18H2,1H3. The molecule has 4 nitrogen and oxygen atoms in total. The Labute approximate surface area is 165 Å². The first kappa shape index (κ1) is 18.0. The molecule has 3 aromatic rings. The van der Waals surface area contributed by atoms with E-state index in [-0.39, 0.29) is 5.91 Å². The van der Waals surface area contributed by atoms with Crippen LogP contribution in [0, 0.1) is 0 Å². The molecule has 1 aliphatic heterocycles. The van der Waals surface area contributed by atoms with E-state index >= 15 is 0 Å². The molecule has 0 aromatic heterocycles. The van der Waals surface area contributed by atoms with Crippen molar-refractivity contribution in [3.63, 3.8) is 0 Å². The Kier molecular flexibility index (Phi) is 5.20. The van der Waals surface area contributed by atoms with Crippen LogP contribution in [0.15, 0.2) is 96.0 Å². The number of anilines is 1. The van der Waals surface area contributed by atoms with Gasteiger partial charge in [-0.05, 0) is 23.3 Å². The van der Waals surface area contributed by atoms with Gasteiger partial charge in [0.05, 0.1) is 5.69 Å². The second kappa shape index (κ2) is 8.09. The van der Waals surface area contributed by atoms with Crippen LogP contribution < -0.4 is 4.90 Å². The predicted octanol–water partition coefficient (Wildman–Crippen LogP) is 4.13. The van der Waals surface area contributed by atoms with E-state index in [0.717, 1.165) is 11.3 Å². The highest BCUT2D eigenvalue weighted by Gasteiger charge is 2.37. The monoisotopic (exact) mass is 369 g/mol. The lowest BCUT2D eigenvalue weighted by Crippen LogP contribution is -2.43. The second-order valence-electron chi connectivity index (χ2n) is 6.99. The number of benzene rings is 3. The zero-order valence-electron chi connectivity index (χ0n) is 15.9. The number of hydrogen-bond acceptors (Lipinski definition) is 3. The maximum absolute atomic E-state index is 13.3. The Morgan fingerprint density at radius 3 is 1.96 bits per heavy atom. The fourth-order valence-corrected chi connectivity index (χ4v) is 3.49. The lowest BCUT2D eigenvalue weighted by atomic mass is 10.1. The number of rotatable bonds is 5. The molecular weight excluding hydrogens is 346 g/mol. The summed E-state index contributed by atoms with van der Waals surface area (Å²) in [5, 5.41) is 0. The molecule has 28 heavy (non-hydrogen) atoms. The summed E-state index contributed by atoms with van der Waals surface area (Å²) in [4.78, 5) is 21.9. The van der Waals surface area contributed by atoms with Crippen molar-refractivity contribution in [2.45, 2.75) is 19.0 Å². The second-order valence-corrected chi connectivity index (χ2v) is 6.99. The van der Waals surface area contributed by atoms with Crippen LogP contribution in [0.4, 0.5) is 5.69 Å². The third-order valence-corrected chi connectivity index (χ3v) is 4.87. The zero-order chi connectivity index (χ0) is 19.3. The van der Waals surface area contributed by atoms with Gasteiger partial charge >= 0.3 is 0 Å². The van der Waals surface area contributed by atoms with Crippen LogP contribution in [0.25, 0.3) is 0 Å². The number of nitrogens with zero attached hydrogens (tertiary/aromatic N) is 3. The molecule has 0 bridgehead atoms. The van der Waals surface area contributed by atoms with Crippen LogP contribution in [0.2, 0.25) is 0 Å². The van der Waals surface area contributed by atoms with Crippen molar-refractivity contribution in [2.24, 2.45) is 4.99 Å². The van der Waals surface area contributed by atoms with Gasteiger partial charge in [-0.1, -0.05) is 78.9 Å². The van der Waals surface area contributed by atoms with Crippen molar-refractivity contribution in [1.82, 2.24) is 4.90 Å². The molecule has 0 saturated carbocycles. The molecule has 1 unspecified atom stereocenters. The van der Waals surface area contributed by atoms with Crippen molar-refractivity contribution >= 4 is 17.6 Å². The van der Waals surface area contributed by atoms with Crippen molar-refractivity contribution < 1.29 is 4.79 Å². The smallest absolute Gasteiger partial charge is 0.259 e. The summed E-state index contributed by atoms with van der Waals surface area (Å²) in [5.74, 6) is 0.714. The fourth-order valence-electron chi connectivity index (χ4n) is 3.49. The van der Waals surface area contributed by atoms with Crippen LogP contribution in [-0.4, -0.2) is 29.9 Å². The van der Waals surface area contributed by atoms with E-state index in [4.69, 9.17) is 4.99 Å². The minimum Gasteiger partial charge on any atom is -0.341 e. The average molecular weight is 369 g/mol. The summed E-state index contributed by atoms with van der Waals surface area (Å²) in [6, 6.07) is 29.6. The minimum atomic E-state index is -0.407. The molecule has 4 rings (SSSR count). The van der Waals surface area contributed by atoms with Gasteiger partial charge in [-0.25, -0.2) is 9.89 Å². The van der Waals surface area contributed by atoms with E-state index in [1.165, 1.54) is 5.56 Å². The molecule has 3 aromatic carbocycles. The summed E-state index contributed by atoms with van der Waals surface area (Å²) in [6.07, 6.45) is 0.603. The first-order valence-corrected chi connectivity index (χ1v) is 9.48. The molecular formula is C24H23N3O. The molecule has 0 aliphatic carbocycles. The van der Waals surface area contributed by atoms with Crippen molar-refractivity contribution in [3.05, 3.63) is 102 Å². The zero-order valence-corrected chi connectivity index (χ0v) is 15.9. The number of aliphatic imine (C=N–C) groups is 1. The van der Waals surface area contributed by atoms with Gasteiger partial charge in [0, 0.05) is 20.0 Å². The first-order valence-electron chi connectivity index (χ1n) is 9.48. The first-order chi connectivity index (χ1) is 13.7. The van der Waals surface area contributed by atoms with E-state index in [1.54, 1.807) is 4.90 Å². The molecule has 0 saturated heterocycles. The number of amides is 1. The Bertz CT molecular complexity index is 955. The largest absolute Gasteiger partial charge is 0.341 e. The molecule has 1 amide bonds. The lowest BCUT2D eigenvalue weighted by Gasteiger charge is -2.26. The van der Waals surface area contributed by atoms with Gasteiger partial charge in [0.2, 0.25) is 5.96 Å². The molecule has 140 valence electrons. The normalized spacial score (nSPS) is 16.2. The van der Waals surface area contributed by atoms with Gasteiger partial charge in [-0.3, -0.25) is 4.79 Å². The Morgan fingerprint density at radius 2 is 1.36 bits per heavy atom. The molecule has 1 atom stereocenters. The average Bonchev–Trinajstić information content (AvgIpc) is 3.06. The number of hydrogen-bond donors (Lipinski definition) is 0. The quantitative estimate of drug-likeness (QED) is 0.678. The van der Waals surface area contributed by atoms with E-state index in [9.17, 15) is 4.79 Å². The maximum atomic E-state index is 13.3. The highest BCUT2D eigenvalue weighted by molar-refractivity contribution is 6.21. The Hall–Kier alpha value is -3.40. The fraction of sp³-hybridized carbons (Fsp3) is 0.167. The van der Waals surface area contributed by atoms with Gasteiger partial charge in [0.25, 0.3) is 5.91 Å². The highest BCUT2D eigenvalue weighted by Crippen LogP contribution is 2.25. The predicted molar refractivity (Wildman–Crippen MR) is 113 cm³/mol. The number of carbonyl (C=O) groups is 1. The van der Waals surface area contributed by atoms with Crippen LogP contribution in [0.5, 0.6) is 0 Å². The van der Waals surface area contributed by atoms with Crippen molar-refractivity contribution in [1.29, 1.82) is 0 Å². The lowest BCUT2D eigenvalue weighted by molar-refractivity contribution is -0.118. The van der Waals surface area contributed by atoms with E-state index in [0.29, 0.717) is 18.9 Å². The number of carbonyl (C=O) groups excluding carboxylic acids is 1. The topological polar surface area (TPSA) is 35.9 Å². The molecule has 4 heteroatoms. The molecule has 1 aliphatic rings. The highest BCUT2D eigenvalue weighted by atomic mass is 16.2. The third kappa shape index (κ3) is 3.81. The van der Waals surface area contributed by atoms with Crippen LogP contribution in [-0.2, 0) is 17.8 Å². The molecule has 1 heterocycles. The van der Waals surface area contributed by atoms with Crippen molar-refractivity contribution in [2.75, 3.05) is 11.9 Å².